The third-order valence-electron chi connectivity index (χ3n) is 2.63. The average molecular weight is 213 g/mol. The standard InChI is InChI=1S/C10H19N3O2/c1-8(14)12-7-10(15)13-5-3-4-9(13)6-11-2/h9,11H,3-7H2,1-2H3,(H,12,14). The fourth-order valence-corrected chi connectivity index (χ4v) is 1.91. The lowest BCUT2D eigenvalue weighted by Gasteiger charge is -2.24. The molecule has 0 aromatic heterocycles. The monoisotopic (exact) mass is 213 g/mol. The lowest BCUT2D eigenvalue weighted by atomic mass is 10.2. The van der Waals surface area contributed by atoms with E-state index in [4.69, 9.17) is 0 Å². The molecule has 0 aromatic carbocycles. The third-order valence-corrected chi connectivity index (χ3v) is 2.63. The Bertz CT molecular complexity index is 243. The van der Waals surface area contributed by atoms with Gasteiger partial charge in [0, 0.05) is 26.1 Å². The van der Waals surface area contributed by atoms with Crippen LogP contribution in [-0.4, -0.2) is 49.4 Å². The number of carbonyl (C=O) groups is 2. The summed E-state index contributed by atoms with van der Waals surface area (Å²) < 4.78 is 0. The van der Waals surface area contributed by atoms with Crippen LogP contribution < -0.4 is 10.6 Å². The van der Waals surface area contributed by atoms with E-state index >= 15 is 0 Å². The molecule has 1 atom stereocenters. The van der Waals surface area contributed by atoms with Crippen LogP contribution in [0.3, 0.4) is 0 Å². The quantitative estimate of drug-likeness (QED) is 0.651. The minimum absolute atomic E-state index is 0.0166. The average Bonchev–Trinajstić information content (AvgIpc) is 2.63. The summed E-state index contributed by atoms with van der Waals surface area (Å²) >= 11 is 0. The van der Waals surface area contributed by atoms with Gasteiger partial charge in [-0.05, 0) is 19.9 Å². The minimum atomic E-state index is -0.160. The van der Waals surface area contributed by atoms with E-state index in [9.17, 15) is 9.59 Å². The molecule has 1 fully saturated rings. The van der Waals surface area contributed by atoms with Gasteiger partial charge in [0.2, 0.25) is 11.8 Å². The van der Waals surface area contributed by atoms with Crippen molar-refractivity contribution in [3.05, 3.63) is 0 Å². The molecule has 1 unspecified atom stereocenters. The summed E-state index contributed by atoms with van der Waals surface area (Å²) in [6.07, 6.45) is 2.10. The Balaban J connectivity index is 2.40. The molecule has 2 amide bonds. The van der Waals surface area contributed by atoms with E-state index in [1.54, 1.807) is 0 Å². The number of hydrogen-bond donors (Lipinski definition) is 2. The van der Waals surface area contributed by atoms with Crippen LogP contribution in [0.25, 0.3) is 0 Å². The van der Waals surface area contributed by atoms with Crippen molar-refractivity contribution in [2.24, 2.45) is 0 Å². The number of nitrogens with zero attached hydrogens (tertiary/aromatic N) is 1. The van der Waals surface area contributed by atoms with Gasteiger partial charge >= 0.3 is 0 Å². The maximum atomic E-state index is 11.7. The van der Waals surface area contributed by atoms with Crippen molar-refractivity contribution in [2.75, 3.05) is 26.7 Å². The Morgan fingerprint density at radius 3 is 2.80 bits per heavy atom. The van der Waals surface area contributed by atoms with E-state index < -0.39 is 0 Å². The first-order valence-corrected chi connectivity index (χ1v) is 5.33. The van der Waals surface area contributed by atoms with Gasteiger partial charge in [-0.2, -0.15) is 0 Å². The molecule has 0 spiro atoms. The number of hydrogen-bond acceptors (Lipinski definition) is 3. The molecular formula is C10H19N3O2. The minimum Gasteiger partial charge on any atom is -0.347 e. The molecule has 15 heavy (non-hydrogen) atoms. The number of rotatable bonds is 4. The van der Waals surface area contributed by atoms with E-state index in [2.05, 4.69) is 10.6 Å². The summed E-state index contributed by atoms with van der Waals surface area (Å²) in [5.74, 6) is -0.143. The summed E-state index contributed by atoms with van der Waals surface area (Å²) in [6.45, 7) is 3.18. The highest BCUT2D eigenvalue weighted by Crippen LogP contribution is 2.16. The summed E-state index contributed by atoms with van der Waals surface area (Å²) in [5, 5.41) is 5.61. The maximum Gasteiger partial charge on any atom is 0.242 e. The zero-order chi connectivity index (χ0) is 11.3. The second kappa shape index (κ2) is 5.70. The molecule has 5 nitrogen and oxygen atoms in total. The second-order valence-corrected chi connectivity index (χ2v) is 3.85. The van der Waals surface area contributed by atoms with Crippen molar-refractivity contribution < 1.29 is 9.59 Å². The number of carbonyl (C=O) groups excluding carboxylic acids is 2. The number of likely N-dealkylation sites (tertiary alicyclic amines) is 1. The lowest BCUT2D eigenvalue weighted by molar-refractivity contribution is -0.133. The van der Waals surface area contributed by atoms with Gasteiger partial charge in [-0.15, -0.1) is 0 Å². The first-order chi connectivity index (χ1) is 7.15. The van der Waals surface area contributed by atoms with Crippen molar-refractivity contribution in [1.29, 1.82) is 0 Å². The van der Waals surface area contributed by atoms with Gasteiger partial charge in [-0.3, -0.25) is 9.59 Å². The van der Waals surface area contributed by atoms with Gasteiger partial charge in [0.15, 0.2) is 0 Å². The number of amides is 2. The second-order valence-electron chi connectivity index (χ2n) is 3.85. The Kier molecular flexibility index (Phi) is 4.55. The summed E-state index contributed by atoms with van der Waals surface area (Å²) in [7, 11) is 1.88. The molecule has 0 radical (unpaired) electrons. The summed E-state index contributed by atoms with van der Waals surface area (Å²) in [6, 6.07) is 0.288. The normalized spacial score (nSPS) is 20.4. The largest absolute Gasteiger partial charge is 0.347 e. The van der Waals surface area contributed by atoms with Crippen LogP contribution in [0.2, 0.25) is 0 Å². The fraction of sp³-hybridized carbons (Fsp3) is 0.800. The van der Waals surface area contributed by atoms with Crippen LogP contribution in [0, 0.1) is 0 Å². The fourth-order valence-electron chi connectivity index (χ4n) is 1.91. The highest BCUT2D eigenvalue weighted by atomic mass is 16.2. The van der Waals surface area contributed by atoms with Crippen LogP contribution in [0.15, 0.2) is 0 Å². The maximum absolute atomic E-state index is 11.7. The Morgan fingerprint density at radius 2 is 2.20 bits per heavy atom. The van der Waals surface area contributed by atoms with Crippen LogP contribution in [-0.2, 0) is 9.59 Å². The SMILES string of the molecule is CNCC1CCCN1C(=O)CNC(C)=O. The molecule has 1 aliphatic rings. The smallest absolute Gasteiger partial charge is 0.242 e. The highest BCUT2D eigenvalue weighted by Gasteiger charge is 2.27. The molecule has 1 aliphatic heterocycles. The summed E-state index contributed by atoms with van der Waals surface area (Å²) in [4.78, 5) is 24.2. The topological polar surface area (TPSA) is 61.4 Å². The number of nitrogens with one attached hydrogen (secondary N) is 2. The van der Waals surface area contributed by atoms with Crippen molar-refractivity contribution in [2.45, 2.75) is 25.8 Å². The van der Waals surface area contributed by atoms with E-state index in [1.165, 1.54) is 6.92 Å². The van der Waals surface area contributed by atoms with Crippen LogP contribution >= 0.6 is 0 Å². The first kappa shape index (κ1) is 12.0. The molecule has 5 heteroatoms. The Hall–Kier alpha value is -1.10. The van der Waals surface area contributed by atoms with Crippen molar-refractivity contribution in [1.82, 2.24) is 15.5 Å². The molecule has 0 aliphatic carbocycles. The lowest BCUT2D eigenvalue weighted by Crippen LogP contribution is -2.45. The molecule has 86 valence electrons. The molecule has 2 N–H and O–H groups in total. The molecule has 1 heterocycles. The van der Waals surface area contributed by atoms with E-state index in [1.807, 2.05) is 11.9 Å². The third kappa shape index (κ3) is 3.51. The van der Waals surface area contributed by atoms with E-state index in [0.29, 0.717) is 0 Å². The van der Waals surface area contributed by atoms with Gasteiger partial charge in [0.05, 0.1) is 6.54 Å². The van der Waals surface area contributed by atoms with Crippen LogP contribution in [0.1, 0.15) is 19.8 Å². The Morgan fingerprint density at radius 1 is 1.47 bits per heavy atom. The highest BCUT2D eigenvalue weighted by molar-refractivity contribution is 5.84. The van der Waals surface area contributed by atoms with Crippen LogP contribution in [0.4, 0.5) is 0 Å². The van der Waals surface area contributed by atoms with Gasteiger partial charge in [0.25, 0.3) is 0 Å². The molecule has 1 saturated heterocycles. The molecular weight excluding hydrogens is 194 g/mol. The van der Waals surface area contributed by atoms with Crippen LogP contribution in [0.5, 0.6) is 0 Å². The zero-order valence-electron chi connectivity index (χ0n) is 9.38. The predicted octanol–water partition coefficient (Wildman–Crippen LogP) is -0.667. The van der Waals surface area contributed by atoms with Crippen molar-refractivity contribution in [3.63, 3.8) is 0 Å². The predicted molar refractivity (Wildman–Crippen MR) is 57.3 cm³/mol. The van der Waals surface area contributed by atoms with Gasteiger partial charge in [-0.25, -0.2) is 0 Å². The molecule has 0 saturated carbocycles. The zero-order valence-corrected chi connectivity index (χ0v) is 9.38. The van der Waals surface area contributed by atoms with E-state index in [0.717, 1.165) is 25.9 Å². The molecule has 0 bridgehead atoms. The molecule has 1 rings (SSSR count). The van der Waals surface area contributed by atoms with Gasteiger partial charge in [0.1, 0.15) is 0 Å². The first-order valence-electron chi connectivity index (χ1n) is 5.33. The summed E-state index contributed by atoms with van der Waals surface area (Å²) in [5.41, 5.74) is 0. The van der Waals surface area contributed by atoms with Crippen molar-refractivity contribution >= 4 is 11.8 Å². The van der Waals surface area contributed by atoms with Gasteiger partial charge < -0.3 is 15.5 Å². The van der Waals surface area contributed by atoms with E-state index in [-0.39, 0.29) is 24.4 Å². The number of likely N-dealkylation sites (N-methyl/N-ethyl adjacent to an activating group) is 1. The van der Waals surface area contributed by atoms with Gasteiger partial charge in [-0.1, -0.05) is 0 Å². The van der Waals surface area contributed by atoms with Crippen molar-refractivity contribution in [3.8, 4) is 0 Å². The molecule has 0 aromatic rings. The Labute approximate surface area is 90.2 Å².